The molecule has 52 heavy (non-hydrogen) atoms. The molecule has 3 nitrogen and oxygen atoms in total. The van der Waals surface area contributed by atoms with E-state index in [0.717, 1.165) is 83.2 Å². The lowest BCUT2D eigenvalue weighted by Crippen LogP contribution is -2.10. The lowest BCUT2D eigenvalue weighted by Gasteiger charge is -2.26. The predicted molar refractivity (Wildman–Crippen MR) is 219 cm³/mol. The van der Waals surface area contributed by atoms with Gasteiger partial charge in [-0.15, -0.1) is 11.3 Å². The van der Waals surface area contributed by atoms with E-state index in [2.05, 4.69) is 163 Å². The van der Waals surface area contributed by atoms with Gasteiger partial charge in [-0.25, -0.2) is 0 Å². The minimum atomic E-state index is 0.875. The summed E-state index contributed by atoms with van der Waals surface area (Å²) in [7, 11) is 0. The maximum Gasteiger partial charge on any atom is 0.143 e. The largest absolute Gasteiger partial charge is 0.456 e. The third kappa shape index (κ3) is 4.51. The van der Waals surface area contributed by atoms with Crippen LogP contribution in [0.3, 0.4) is 0 Å². The highest BCUT2D eigenvalue weighted by molar-refractivity contribution is 7.26. The zero-order chi connectivity index (χ0) is 34.2. The van der Waals surface area contributed by atoms with Gasteiger partial charge in [-0.05, 0) is 71.3 Å². The molecule has 0 spiro atoms. The van der Waals surface area contributed by atoms with Crippen LogP contribution in [0.25, 0.3) is 86.3 Å². The highest BCUT2D eigenvalue weighted by Gasteiger charge is 2.20. The number of benzene rings is 8. The Morgan fingerprint density at radius 1 is 0.385 bits per heavy atom. The van der Waals surface area contributed by atoms with Gasteiger partial charge in [-0.2, -0.15) is 0 Å². The molecule has 0 bridgehead atoms. The second-order valence-electron chi connectivity index (χ2n) is 13.3. The number of anilines is 3. The van der Waals surface area contributed by atoms with Crippen molar-refractivity contribution in [2.75, 3.05) is 4.90 Å². The summed E-state index contributed by atoms with van der Waals surface area (Å²) in [6.45, 7) is 0. The van der Waals surface area contributed by atoms with E-state index in [1.165, 1.54) is 20.2 Å². The van der Waals surface area contributed by atoms with Crippen LogP contribution >= 0.6 is 11.3 Å². The smallest absolute Gasteiger partial charge is 0.143 e. The molecule has 8 aromatic carbocycles. The molecule has 0 saturated carbocycles. The first-order chi connectivity index (χ1) is 25.8. The average molecular weight is 684 g/mol. The number of rotatable bonds is 5. The van der Waals surface area contributed by atoms with Gasteiger partial charge < -0.3 is 13.7 Å². The molecule has 0 amide bonds. The van der Waals surface area contributed by atoms with Gasteiger partial charge >= 0.3 is 0 Å². The molecule has 0 aliphatic rings. The molecule has 0 aliphatic heterocycles. The summed E-state index contributed by atoms with van der Waals surface area (Å²) in [5.41, 5.74) is 11.4. The van der Waals surface area contributed by atoms with Crippen LogP contribution in [0, 0.1) is 0 Å². The van der Waals surface area contributed by atoms with Crippen LogP contribution in [0.2, 0.25) is 0 Å². The van der Waals surface area contributed by atoms with Gasteiger partial charge in [-0.3, -0.25) is 0 Å². The molecule has 0 radical (unpaired) electrons. The summed E-state index contributed by atoms with van der Waals surface area (Å²) in [6, 6.07) is 62.5. The van der Waals surface area contributed by atoms with Gasteiger partial charge in [0.25, 0.3) is 0 Å². The summed E-state index contributed by atoms with van der Waals surface area (Å²) < 4.78 is 15.4. The Morgan fingerprint density at radius 2 is 1.08 bits per heavy atom. The van der Waals surface area contributed by atoms with E-state index in [1.807, 2.05) is 29.5 Å². The Bertz CT molecular complexity index is 3130. The van der Waals surface area contributed by atoms with Gasteiger partial charge in [0.2, 0.25) is 0 Å². The zero-order valence-corrected chi connectivity index (χ0v) is 28.7. The first-order valence-corrected chi connectivity index (χ1v) is 18.3. The van der Waals surface area contributed by atoms with Crippen molar-refractivity contribution in [3.8, 4) is 22.3 Å². The molecule has 244 valence electrons. The van der Waals surface area contributed by atoms with Gasteiger partial charge in [0.05, 0.1) is 10.4 Å². The molecule has 0 aliphatic carbocycles. The highest BCUT2D eigenvalue weighted by Crippen LogP contribution is 2.46. The van der Waals surface area contributed by atoms with Crippen LogP contribution in [0.1, 0.15) is 0 Å². The van der Waals surface area contributed by atoms with Gasteiger partial charge in [-0.1, -0.05) is 115 Å². The van der Waals surface area contributed by atoms with E-state index >= 15 is 0 Å². The summed E-state index contributed by atoms with van der Waals surface area (Å²) in [5.74, 6) is 0. The molecule has 0 atom stereocenters. The molecular weight excluding hydrogens is 655 g/mol. The third-order valence-corrected chi connectivity index (χ3v) is 11.5. The minimum absolute atomic E-state index is 0.875. The van der Waals surface area contributed by atoms with E-state index in [9.17, 15) is 0 Å². The van der Waals surface area contributed by atoms with Crippen LogP contribution in [0.4, 0.5) is 17.1 Å². The van der Waals surface area contributed by atoms with Crippen molar-refractivity contribution < 1.29 is 8.83 Å². The zero-order valence-electron chi connectivity index (χ0n) is 27.9. The summed E-state index contributed by atoms with van der Waals surface area (Å²) in [4.78, 5) is 2.37. The molecule has 3 aromatic heterocycles. The number of hydrogen-bond acceptors (Lipinski definition) is 4. The van der Waals surface area contributed by atoms with Crippen molar-refractivity contribution in [3.05, 3.63) is 176 Å². The maximum atomic E-state index is 6.47. The van der Waals surface area contributed by atoms with E-state index in [-0.39, 0.29) is 0 Å². The standard InChI is InChI=1S/C48H29NO2S/c1-2-10-31(11-3-1)35-14-8-15-39-41-28-32(22-27-44(41)51-47(35)39)30-20-23-33(24-21-30)49(34-25-26-37-36-12-4-6-18-43(36)50-45(37)29-34)42-17-9-16-40-38-13-5-7-19-46(38)52-48(40)42/h1-29H. The molecule has 11 aromatic rings. The van der Waals surface area contributed by atoms with E-state index in [0.29, 0.717) is 0 Å². The Balaban J connectivity index is 1.05. The molecular formula is C48H29NO2S. The monoisotopic (exact) mass is 683 g/mol. The summed E-state index contributed by atoms with van der Waals surface area (Å²) in [6.07, 6.45) is 0. The normalized spacial score (nSPS) is 11.8. The number of fused-ring (bicyclic) bond motifs is 9. The Labute approximate surface area is 303 Å². The van der Waals surface area contributed by atoms with Crippen molar-refractivity contribution in [1.82, 2.24) is 0 Å². The van der Waals surface area contributed by atoms with Crippen molar-refractivity contribution in [3.63, 3.8) is 0 Å². The minimum Gasteiger partial charge on any atom is -0.456 e. The van der Waals surface area contributed by atoms with Crippen molar-refractivity contribution in [2.45, 2.75) is 0 Å². The van der Waals surface area contributed by atoms with E-state index in [1.54, 1.807) is 0 Å². The predicted octanol–water partition coefficient (Wildman–Crippen LogP) is 14.7. The molecule has 0 saturated heterocycles. The number of furan rings is 2. The lowest BCUT2D eigenvalue weighted by atomic mass is 10.00. The second kappa shape index (κ2) is 11.5. The van der Waals surface area contributed by atoms with Crippen LogP contribution in [0.5, 0.6) is 0 Å². The molecule has 0 unspecified atom stereocenters. The fraction of sp³-hybridized carbons (Fsp3) is 0. The molecule has 0 fully saturated rings. The lowest BCUT2D eigenvalue weighted by molar-refractivity contribution is 0.669. The quantitative estimate of drug-likeness (QED) is 0.181. The highest BCUT2D eigenvalue weighted by atomic mass is 32.1. The fourth-order valence-electron chi connectivity index (χ4n) is 7.82. The topological polar surface area (TPSA) is 29.5 Å². The van der Waals surface area contributed by atoms with E-state index < -0.39 is 0 Å². The molecule has 0 N–H and O–H groups in total. The Hall–Kier alpha value is -6.62. The Kier molecular flexibility index (Phi) is 6.42. The molecule has 4 heteroatoms. The summed E-state index contributed by atoms with van der Waals surface area (Å²) in [5, 5.41) is 7.04. The van der Waals surface area contributed by atoms with Crippen LogP contribution in [0.15, 0.2) is 185 Å². The maximum absolute atomic E-state index is 6.47. The first kappa shape index (κ1) is 29.1. The van der Waals surface area contributed by atoms with Gasteiger partial charge in [0.15, 0.2) is 0 Å². The van der Waals surface area contributed by atoms with Gasteiger partial charge in [0, 0.05) is 60.0 Å². The third-order valence-electron chi connectivity index (χ3n) is 10.3. The van der Waals surface area contributed by atoms with Crippen molar-refractivity contribution in [1.29, 1.82) is 0 Å². The second-order valence-corrected chi connectivity index (χ2v) is 14.3. The average Bonchev–Trinajstić information content (AvgIpc) is 3.90. The summed E-state index contributed by atoms with van der Waals surface area (Å²) >= 11 is 1.84. The van der Waals surface area contributed by atoms with Crippen molar-refractivity contribution in [2.24, 2.45) is 0 Å². The SMILES string of the molecule is c1ccc(-c2cccc3c2oc2ccc(-c4ccc(N(c5ccc6c(c5)oc5ccccc56)c5cccc6c5sc5ccccc56)cc4)cc23)cc1. The van der Waals surface area contributed by atoms with Crippen LogP contribution in [-0.4, -0.2) is 0 Å². The Morgan fingerprint density at radius 3 is 1.98 bits per heavy atom. The molecule has 3 heterocycles. The van der Waals surface area contributed by atoms with Crippen molar-refractivity contribution >= 4 is 92.4 Å². The number of nitrogens with zero attached hydrogens (tertiary/aromatic N) is 1. The fourth-order valence-corrected chi connectivity index (χ4v) is 9.02. The molecule has 11 rings (SSSR count). The van der Waals surface area contributed by atoms with Crippen LogP contribution in [-0.2, 0) is 0 Å². The number of para-hydroxylation sites is 2. The number of hydrogen-bond donors (Lipinski definition) is 0. The van der Waals surface area contributed by atoms with E-state index in [4.69, 9.17) is 8.83 Å². The van der Waals surface area contributed by atoms with Gasteiger partial charge in [0.1, 0.15) is 22.3 Å². The first-order valence-electron chi connectivity index (χ1n) is 17.5. The number of thiophene rings is 1. The van der Waals surface area contributed by atoms with Crippen LogP contribution < -0.4 is 4.90 Å².